The van der Waals surface area contributed by atoms with E-state index in [1.165, 1.54) is 12.1 Å². The first-order valence-corrected chi connectivity index (χ1v) is 6.56. The molecule has 1 aliphatic rings. The van der Waals surface area contributed by atoms with Gasteiger partial charge in [-0.1, -0.05) is 12.1 Å². The number of hydrogen-bond donors (Lipinski definition) is 1. The van der Waals surface area contributed by atoms with Crippen LogP contribution in [0.2, 0.25) is 0 Å². The Kier molecular flexibility index (Phi) is 5.05. The Bertz CT molecular complexity index is 463. The first-order chi connectivity index (χ1) is 9.58. The van der Waals surface area contributed by atoms with Gasteiger partial charge in [0.25, 0.3) is 0 Å². The molecule has 1 saturated heterocycles. The lowest BCUT2D eigenvalue weighted by molar-refractivity contribution is -0.123. The van der Waals surface area contributed by atoms with Crippen molar-refractivity contribution in [1.82, 2.24) is 4.90 Å². The van der Waals surface area contributed by atoms with Gasteiger partial charge in [-0.05, 0) is 24.7 Å². The number of amides is 1. The standard InChI is InChI=1S/C14H19FN2O3/c1-17(6-5-12-19-7-8-20-12)13(14(16)18)10-3-2-4-11(15)9-10/h2-4,9,12-13H,5-8H2,1H3,(H2,16,18). The number of carbonyl (C=O) groups excluding carboxylic acids is 1. The molecule has 1 heterocycles. The summed E-state index contributed by atoms with van der Waals surface area (Å²) in [6.45, 7) is 1.75. The number of primary amides is 1. The molecule has 0 spiro atoms. The largest absolute Gasteiger partial charge is 0.368 e. The van der Waals surface area contributed by atoms with Crippen molar-refractivity contribution in [2.45, 2.75) is 18.8 Å². The molecule has 2 N–H and O–H groups in total. The smallest absolute Gasteiger partial charge is 0.239 e. The Hall–Kier alpha value is -1.50. The summed E-state index contributed by atoms with van der Waals surface area (Å²) in [6.07, 6.45) is 0.397. The van der Waals surface area contributed by atoms with Gasteiger partial charge in [-0.15, -0.1) is 0 Å². The number of rotatable bonds is 6. The molecule has 1 aromatic rings. The molecule has 1 unspecified atom stereocenters. The van der Waals surface area contributed by atoms with Crippen LogP contribution in [0.3, 0.4) is 0 Å². The molecular weight excluding hydrogens is 263 g/mol. The Morgan fingerprint density at radius 1 is 1.50 bits per heavy atom. The zero-order chi connectivity index (χ0) is 14.5. The lowest BCUT2D eigenvalue weighted by atomic mass is 10.0. The topological polar surface area (TPSA) is 64.8 Å². The van der Waals surface area contributed by atoms with Crippen molar-refractivity contribution in [1.29, 1.82) is 0 Å². The number of likely N-dealkylation sites (N-methyl/N-ethyl adjacent to an activating group) is 1. The molecule has 6 heteroatoms. The van der Waals surface area contributed by atoms with Gasteiger partial charge < -0.3 is 15.2 Å². The molecule has 1 atom stereocenters. The summed E-state index contributed by atoms with van der Waals surface area (Å²) in [5.41, 5.74) is 5.99. The molecule has 1 aromatic carbocycles. The van der Waals surface area contributed by atoms with Crippen molar-refractivity contribution in [2.24, 2.45) is 5.73 Å². The number of carbonyl (C=O) groups is 1. The Morgan fingerprint density at radius 3 is 2.80 bits per heavy atom. The van der Waals surface area contributed by atoms with E-state index in [1.807, 2.05) is 0 Å². The SMILES string of the molecule is CN(CCC1OCCO1)C(C(N)=O)c1cccc(F)c1. The first kappa shape index (κ1) is 14.9. The lowest BCUT2D eigenvalue weighted by Crippen LogP contribution is -2.37. The lowest BCUT2D eigenvalue weighted by Gasteiger charge is -2.26. The van der Waals surface area contributed by atoms with Crippen molar-refractivity contribution in [2.75, 3.05) is 26.8 Å². The molecule has 5 nitrogen and oxygen atoms in total. The number of nitrogens with two attached hydrogens (primary N) is 1. The van der Waals surface area contributed by atoms with Gasteiger partial charge in [0.2, 0.25) is 5.91 Å². The summed E-state index contributed by atoms with van der Waals surface area (Å²) in [5, 5.41) is 0. The van der Waals surface area contributed by atoms with Crippen LogP contribution in [0, 0.1) is 5.82 Å². The van der Waals surface area contributed by atoms with Gasteiger partial charge >= 0.3 is 0 Å². The van der Waals surface area contributed by atoms with Crippen molar-refractivity contribution in [3.8, 4) is 0 Å². The average Bonchev–Trinajstić information content (AvgIpc) is 2.89. The summed E-state index contributed by atoms with van der Waals surface area (Å²) >= 11 is 0. The second-order valence-corrected chi connectivity index (χ2v) is 4.80. The van der Waals surface area contributed by atoms with E-state index in [-0.39, 0.29) is 12.1 Å². The Labute approximate surface area is 117 Å². The van der Waals surface area contributed by atoms with Gasteiger partial charge in [0.1, 0.15) is 11.9 Å². The van der Waals surface area contributed by atoms with Gasteiger partial charge in [-0.25, -0.2) is 4.39 Å². The van der Waals surface area contributed by atoms with Gasteiger partial charge in [-0.2, -0.15) is 0 Å². The third-order valence-electron chi connectivity index (χ3n) is 3.28. The molecule has 0 aromatic heterocycles. The highest BCUT2D eigenvalue weighted by Crippen LogP contribution is 2.21. The fourth-order valence-electron chi connectivity index (χ4n) is 2.32. The number of ether oxygens (including phenoxy) is 2. The molecule has 1 fully saturated rings. The van der Waals surface area contributed by atoms with Gasteiger partial charge in [-0.3, -0.25) is 9.69 Å². The third kappa shape index (κ3) is 3.75. The number of halogens is 1. The predicted octanol–water partition coefficient (Wildman–Crippen LogP) is 1.05. The van der Waals surface area contributed by atoms with Crippen LogP contribution in [0.4, 0.5) is 4.39 Å². The van der Waals surface area contributed by atoms with Crippen LogP contribution in [0.25, 0.3) is 0 Å². The van der Waals surface area contributed by atoms with E-state index in [1.54, 1.807) is 24.1 Å². The summed E-state index contributed by atoms with van der Waals surface area (Å²) in [5.74, 6) is -0.893. The fourth-order valence-corrected chi connectivity index (χ4v) is 2.32. The minimum absolute atomic E-state index is 0.238. The first-order valence-electron chi connectivity index (χ1n) is 6.56. The van der Waals surface area contributed by atoms with E-state index in [9.17, 15) is 9.18 Å². The molecule has 2 rings (SSSR count). The minimum Gasteiger partial charge on any atom is -0.368 e. The van der Waals surface area contributed by atoms with Crippen LogP contribution in [0.5, 0.6) is 0 Å². The van der Waals surface area contributed by atoms with Crippen LogP contribution < -0.4 is 5.73 Å². The summed E-state index contributed by atoms with van der Waals surface area (Å²) in [4.78, 5) is 13.4. The van der Waals surface area contributed by atoms with Crippen LogP contribution in [0.1, 0.15) is 18.0 Å². The predicted molar refractivity (Wildman–Crippen MR) is 71.3 cm³/mol. The van der Waals surface area contributed by atoms with E-state index in [4.69, 9.17) is 15.2 Å². The number of hydrogen-bond acceptors (Lipinski definition) is 4. The van der Waals surface area contributed by atoms with Crippen molar-refractivity contribution >= 4 is 5.91 Å². The Morgan fingerprint density at radius 2 is 2.20 bits per heavy atom. The maximum absolute atomic E-state index is 13.3. The molecule has 110 valence electrons. The zero-order valence-electron chi connectivity index (χ0n) is 11.4. The molecule has 1 aliphatic heterocycles. The summed E-state index contributed by atoms with van der Waals surface area (Å²) < 4.78 is 24.0. The highest BCUT2D eigenvalue weighted by atomic mass is 19.1. The van der Waals surface area contributed by atoms with E-state index < -0.39 is 11.9 Å². The van der Waals surface area contributed by atoms with Crippen LogP contribution in [-0.2, 0) is 14.3 Å². The van der Waals surface area contributed by atoms with Crippen molar-refractivity contribution in [3.05, 3.63) is 35.6 Å². The monoisotopic (exact) mass is 282 g/mol. The second-order valence-electron chi connectivity index (χ2n) is 4.80. The molecule has 20 heavy (non-hydrogen) atoms. The molecule has 0 radical (unpaired) electrons. The maximum Gasteiger partial charge on any atom is 0.239 e. The van der Waals surface area contributed by atoms with E-state index >= 15 is 0 Å². The van der Waals surface area contributed by atoms with Crippen LogP contribution in [0.15, 0.2) is 24.3 Å². The molecular formula is C14H19FN2O3. The van der Waals surface area contributed by atoms with Gasteiger partial charge in [0, 0.05) is 13.0 Å². The molecule has 0 aliphatic carbocycles. The van der Waals surface area contributed by atoms with Gasteiger partial charge in [0.05, 0.1) is 13.2 Å². The summed E-state index contributed by atoms with van der Waals surface area (Å²) in [7, 11) is 1.77. The average molecular weight is 282 g/mol. The minimum atomic E-state index is -0.660. The highest BCUT2D eigenvalue weighted by Gasteiger charge is 2.25. The Balaban J connectivity index is 2.01. The van der Waals surface area contributed by atoms with Crippen molar-refractivity contribution in [3.63, 3.8) is 0 Å². The molecule has 0 bridgehead atoms. The third-order valence-corrected chi connectivity index (χ3v) is 3.28. The van der Waals surface area contributed by atoms with Gasteiger partial charge in [0.15, 0.2) is 6.29 Å². The zero-order valence-corrected chi connectivity index (χ0v) is 11.4. The van der Waals surface area contributed by atoms with Crippen LogP contribution in [-0.4, -0.2) is 43.9 Å². The van der Waals surface area contributed by atoms with E-state index in [2.05, 4.69) is 0 Å². The number of nitrogens with zero attached hydrogens (tertiary/aromatic N) is 1. The van der Waals surface area contributed by atoms with E-state index in [0.717, 1.165) is 0 Å². The fraction of sp³-hybridized carbons (Fsp3) is 0.500. The second kappa shape index (κ2) is 6.78. The normalized spacial score (nSPS) is 17.6. The summed E-state index contributed by atoms with van der Waals surface area (Å²) in [6, 6.07) is 5.26. The maximum atomic E-state index is 13.3. The van der Waals surface area contributed by atoms with Crippen LogP contribution >= 0.6 is 0 Å². The highest BCUT2D eigenvalue weighted by molar-refractivity contribution is 5.81. The number of benzene rings is 1. The van der Waals surface area contributed by atoms with E-state index in [0.29, 0.717) is 31.7 Å². The molecule has 1 amide bonds. The van der Waals surface area contributed by atoms with Crippen molar-refractivity contribution < 1.29 is 18.7 Å². The quantitative estimate of drug-likeness (QED) is 0.847. The molecule has 0 saturated carbocycles.